The number of rotatable bonds is 2. The summed E-state index contributed by atoms with van der Waals surface area (Å²) in [5.74, 6) is -0.390. The minimum Gasteiger partial charge on any atom is -0.447 e. The van der Waals surface area contributed by atoms with Gasteiger partial charge in [0.15, 0.2) is 0 Å². The first-order chi connectivity index (χ1) is 9.65. The molecule has 1 aromatic carbocycles. The number of oxime groups is 1. The van der Waals surface area contributed by atoms with Gasteiger partial charge in [-0.15, -0.1) is 0 Å². The lowest BCUT2D eigenvalue weighted by molar-refractivity contribution is -0.138. The van der Waals surface area contributed by atoms with Crippen LogP contribution in [0.3, 0.4) is 0 Å². The molecule has 0 aliphatic carbocycles. The molecule has 1 saturated heterocycles. The van der Waals surface area contributed by atoms with Crippen LogP contribution in [0.4, 0.5) is 4.79 Å². The van der Waals surface area contributed by atoms with Gasteiger partial charge in [-0.1, -0.05) is 35.0 Å². The van der Waals surface area contributed by atoms with E-state index in [1.165, 1.54) is 0 Å². The standard InChI is InChI=1S/C14H14N2O4/c1-9-2-4-10(5-3-9)11-8-12(20-15-11)13(17)16-6-7-19-14(16)18/h2-5,12H,6-8H2,1H3. The third-order valence-electron chi connectivity index (χ3n) is 3.36. The topological polar surface area (TPSA) is 68.2 Å². The number of ether oxygens (including phenoxy) is 1. The van der Waals surface area contributed by atoms with E-state index in [0.29, 0.717) is 6.42 Å². The molecule has 2 heterocycles. The Morgan fingerprint density at radius 3 is 2.75 bits per heavy atom. The third kappa shape index (κ3) is 2.24. The first-order valence-corrected chi connectivity index (χ1v) is 6.43. The molecule has 20 heavy (non-hydrogen) atoms. The second-order valence-electron chi connectivity index (χ2n) is 4.81. The van der Waals surface area contributed by atoms with Crippen LogP contribution in [0.2, 0.25) is 0 Å². The fourth-order valence-electron chi connectivity index (χ4n) is 2.19. The highest BCUT2D eigenvalue weighted by Crippen LogP contribution is 2.20. The normalized spacial score (nSPS) is 21.4. The zero-order chi connectivity index (χ0) is 14.1. The molecule has 3 rings (SSSR count). The van der Waals surface area contributed by atoms with Crippen LogP contribution in [0, 0.1) is 6.92 Å². The number of aryl methyl sites for hydroxylation is 1. The van der Waals surface area contributed by atoms with E-state index in [4.69, 9.17) is 9.57 Å². The van der Waals surface area contributed by atoms with Crippen molar-refractivity contribution in [1.29, 1.82) is 0 Å². The first kappa shape index (κ1) is 12.7. The zero-order valence-corrected chi connectivity index (χ0v) is 11.0. The lowest BCUT2D eigenvalue weighted by Gasteiger charge is -2.14. The van der Waals surface area contributed by atoms with Gasteiger partial charge in [-0.3, -0.25) is 4.79 Å². The zero-order valence-electron chi connectivity index (χ0n) is 11.0. The number of imide groups is 1. The van der Waals surface area contributed by atoms with E-state index in [1.807, 2.05) is 31.2 Å². The molecule has 1 aromatic rings. The third-order valence-corrected chi connectivity index (χ3v) is 3.36. The second-order valence-corrected chi connectivity index (χ2v) is 4.81. The minimum atomic E-state index is -0.739. The van der Waals surface area contributed by atoms with Gasteiger partial charge < -0.3 is 9.57 Å². The van der Waals surface area contributed by atoms with Crippen LogP contribution in [-0.4, -0.2) is 41.9 Å². The lowest BCUT2D eigenvalue weighted by Crippen LogP contribution is -2.39. The van der Waals surface area contributed by atoms with Crippen LogP contribution in [0.15, 0.2) is 29.4 Å². The van der Waals surface area contributed by atoms with Crippen LogP contribution < -0.4 is 0 Å². The van der Waals surface area contributed by atoms with Gasteiger partial charge in [-0.25, -0.2) is 9.69 Å². The summed E-state index contributed by atoms with van der Waals surface area (Å²) in [7, 11) is 0. The van der Waals surface area contributed by atoms with Gasteiger partial charge in [-0.2, -0.15) is 0 Å². The molecule has 0 bridgehead atoms. The highest BCUT2D eigenvalue weighted by Gasteiger charge is 2.38. The molecular weight excluding hydrogens is 260 g/mol. The predicted octanol–water partition coefficient (Wildman–Crippen LogP) is 1.47. The van der Waals surface area contributed by atoms with Crippen molar-refractivity contribution >= 4 is 17.7 Å². The molecule has 1 unspecified atom stereocenters. The summed E-state index contributed by atoms with van der Waals surface area (Å²) >= 11 is 0. The molecular formula is C14H14N2O4. The van der Waals surface area contributed by atoms with Crippen molar-refractivity contribution < 1.29 is 19.2 Å². The maximum Gasteiger partial charge on any atom is 0.416 e. The Morgan fingerprint density at radius 1 is 1.35 bits per heavy atom. The fourth-order valence-corrected chi connectivity index (χ4v) is 2.19. The van der Waals surface area contributed by atoms with E-state index in [0.717, 1.165) is 21.7 Å². The van der Waals surface area contributed by atoms with Crippen LogP contribution in [0.5, 0.6) is 0 Å². The quantitative estimate of drug-likeness (QED) is 0.819. The molecule has 2 aliphatic rings. The summed E-state index contributed by atoms with van der Waals surface area (Å²) in [4.78, 5) is 29.7. The maximum absolute atomic E-state index is 12.1. The first-order valence-electron chi connectivity index (χ1n) is 6.43. The number of cyclic esters (lactones) is 1. The molecule has 0 aromatic heterocycles. The smallest absolute Gasteiger partial charge is 0.416 e. The average molecular weight is 274 g/mol. The predicted molar refractivity (Wildman–Crippen MR) is 70.3 cm³/mol. The largest absolute Gasteiger partial charge is 0.447 e. The van der Waals surface area contributed by atoms with Crippen LogP contribution in [-0.2, 0) is 14.4 Å². The van der Waals surface area contributed by atoms with Crippen molar-refractivity contribution in [2.45, 2.75) is 19.4 Å². The van der Waals surface area contributed by atoms with E-state index < -0.39 is 18.1 Å². The molecule has 6 nitrogen and oxygen atoms in total. The van der Waals surface area contributed by atoms with Crippen molar-refractivity contribution in [2.75, 3.05) is 13.2 Å². The number of benzene rings is 1. The average Bonchev–Trinajstić information content (AvgIpc) is 3.08. The number of amides is 2. The maximum atomic E-state index is 12.1. The minimum absolute atomic E-state index is 0.239. The number of carbonyl (C=O) groups excluding carboxylic acids is 2. The number of carbonyl (C=O) groups is 2. The Hall–Kier alpha value is -2.37. The number of hydrogen-bond donors (Lipinski definition) is 0. The molecule has 2 amide bonds. The molecule has 0 saturated carbocycles. The lowest BCUT2D eigenvalue weighted by atomic mass is 10.0. The van der Waals surface area contributed by atoms with Gasteiger partial charge in [0.1, 0.15) is 6.61 Å². The summed E-state index contributed by atoms with van der Waals surface area (Å²) < 4.78 is 4.74. The van der Waals surface area contributed by atoms with E-state index in [-0.39, 0.29) is 13.2 Å². The number of hydrogen-bond acceptors (Lipinski definition) is 5. The molecule has 1 fully saturated rings. The Kier molecular flexibility index (Phi) is 3.14. The van der Waals surface area contributed by atoms with Gasteiger partial charge in [0.2, 0.25) is 6.10 Å². The monoisotopic (exact) mass is 274 g/mol. The Labute approximate surface area is 115 Å². The Bertz CT molecular complexity index is 579. The molecule has 2 aliphatic heterocycles. The van der Waals surface area contributed by atoms with E-state index in [2.05, 4.69) is 5.16 Å². The van der Waals surface area contributed by atoms with Crippen molar-refractivity contribution in [3.63, 3.8) is 0 Å². The molecule has 6 heteroatoms. The molecule has 104 valence electrons. The fraction of sp³-hybridized carbons (Fsp3) is 0.357. The summed E-state index contributed by atoms with van der Waals surface area (Å²) in [6, 6.07) is 7.83. The van der Waals surface area contributed by atoms with Gasteiger partial charge >= 0.3 is 6.09 Å². The SMILES string of the molecule is Cc1ccc(C2=NOC(C(=O)N3CCOC3=O)C2)cc1. The summed E-state index contributed by atoms with van der Waals surface area (Å²) in [6.45, 7) is 2.52. The van der Waals surface area contributed by atoms with E-state index in [1.54, 1.807) is 0 Å². The van der Waals surface area contributed by atoms with Crippen molar-refractivity contribution in [1.82, 2.24) is 4.90 Å². The van der Waals surface area contributed by atoms with Crippen molar-refractivity contribution in [2.24, 2.45) is 5.16 Å². The van der Waals surface area contributed by atoms with Crippen molar-refractivity contribution in [3.8, 4) is 0 Å². The second kappa shape index (κ2) is 4.96. The van der Waals surface area contributed by atoms with Crippen LogP contribution in [0.1, 0.15) is 17.5 Å². The molecule has 1 atom stereocenters. The summed E-state index contributed by atoms with van der Waals surface area (Å²) in [5.41, 5.74) is 2.80. The molecule has 0 radical (unpaired) electrons. The molecule has 0 spiro atoms. The van der Waals surface area contributed by atoms with E-state index in [9.17, 15) is 9.59 Å². The Morgan fingerprint density at radius 2 is 2.10 bits per heavy atom. The molecule has 0 N–H and O–H groups in total. The van der Waals surface area contributed by atoms with Gasteiger partial charge in [-0.05, 0) is 12.5 Å². The van der Waals surface area contributed by atoms with Crippen LogP contribution >= 0.6 is 0 Å². The summed E-state index contributed by atoms with van der Waals surface area (Å²) in [5, 5.41) is 3.95. The van der Waals surface area contributed by atoms with Gasteiger partial charge in [0, 0.05) is 6.42 Å². The summed E-state index contributed by atoms with van der Waals surface area (Å²) in [6.07, 6.45) is -0.981. The van der Waals surface area contributed by atoms with Crippen molar-refractivity contribution in [3.05, 3.63) is 35.4 Å². The van der Waals surface area contributed by atoms with Crippen LogP contribution in [0.25, 0.3) is 0 Å². The van der Waals surface area contributed by atoms with Gasteiger partial charge in [0.05, 0.1) is 12.3 Å². The van der Waals surface area contributed by atoms with E-state index >= 15 is 0 Å². The van der Waals surface area contributed by atoms with Gasteiger partial charge in [0.25, 0.3) is 5.91 Å². The highest BCUT2D eigenvalue weighted by atomic mass is 16.6. The highest BCUT2D eigenvalue weighted by molar-refractivity contribution is 6.05. The number of nitrogens with zero attached hydrogens (tertiary/aromatic N) is 2. The Balaban J connectivity index is 1.68.